The largest absolute Gasteiger partial charge is 0.496 e. The first-order valence-corrected chi connectivity index (χ1v) is 14.7. The highest BCUT2D eigenvalue weighted by atomic mass is 35.5. The maximum absolute atomic E-state index is 13.2. The molecule has 1 heterocycles. The van der Waals surface area contributed by atoms with Crippen LogP contribution in [0.4, 0.5) is 0 Å². The molecule has 1 saturated heterocycles. The summed E-state index contributed by atoms with van der Waals surface area (Å²) < 4.78 is 17.0. The molecule has 0 aromatic heterocycles. The third-order valence-corrected chi connectivity index (χ3v) is 7.56. The van der Waals surface area contributed by atoms with Gasteiger partial charge in [-0.2, -0.15) is 0 Å². The van der Waals surface area contributed by atoms with Gasteiger partial charge in [0.05, 0.1) is 41.9 Å². The van der Waals surface area contributed by atoms with Gasteiger partial charge in [0.15, 0.2) is 0 Å². The number of esters is 1. The minimum absolute atomic E-state index is 0.0702. The lowest BCUT2D eigenvalue weighted by Crippen LogP contribution is -2.45. The smallest absolute Gasteiger partial charge is 0.329 e. The van der Waals surface area contributed by atoms with E-state index < -0.39 is 23.5 Å². The number of hydrogen-bond acceptors (Lipinski definition) is 7. The standard InChI is InChI=1S/C33H34Cl2N2O7/c1-33(2,3)44-32(41)24(36-31(40)30-22(34)7-6-8-23(30)35)15-19-9-11-21(12-10-19)29-25(42-4)16-20(17-26(29)43-5)18-37-27(38)13-14-28(37)39/h6-12,16-17,24H,13-15,18H2,1-5H3,(H,36,40)/t24-/m0/s1. The van der Waals surface area contributed by atoms with Gasteiger partial charge in [0.1, 0.15) is 23.1 Å². The zero-order valence-corrected chi connectivity index (χ0v) is 26.7. The van der Waals surface area contributed by atoms with Gasteiger partial charge in [-0.3, -0.25) is 19.3 Å². The van der Waals surface area contributed by atoms with E-state index in [1.807, 2.05) is 24.3 Å². The third-order valence-electron chi connectivity index (χ3n) is 6.93. The molecule has 44 heavy (non-hydrogen) atoms. The molecule has 3 aromatic rings. The van der Waals surface area contributed by atoms with E-state index >= 15 is 0 Å². The number of nitrogens with zero attached hydrogens (tertiary/aromatic N) is 1. The molecule has 1 N–H and O–H groups in total. The van der Waals surface area contributed by atoms with Crippen molar-refractivity contribution in [2.45, 2.75) is 58.2 Å². The Morgan fingerprint density at radius 1 is 0.886 bits per heavy atom. The fourth-order valence-electron chi connectivity index (χ4n) is 4.88. The summed E-state index contributed by atoms with van der Waals surface area (Å²) in [6, 6.07) is 14.6. The van der Waals surface area contributed by atoms with Gasteiger partial charge in [-0.15, -0.1) is 0 Å². The number of methoxy groups -OCH3 is 2. The molecule has 0 radical (unpaired) electrons. The summed E-state index contributed by atoms with van der Waals surface area (Å²) >= 11 is 12.5. The number of hydrogen-bond donors (Lipinski definition) is 1. The molecule has 3 amide bonds. The summed E-state index contributed by atoms with van der Waals surface area (Å²) in [5.41, 5.74) is 2.17. The van der Waals surface area contributed by atoms with Crippen LogP contribution in [-0.4, -0.2) is 54.5 Å². The van der Waals surface area contributed by atoms with E-state index in [0.717, 1.165) is 11.1 Å². The summed E-state index contributed by atoms with van der Waals surface area (Å²) in [4.78, 5) is 51.9. The molecule has 1 aliphatic heterocycles. The Labute approximate surface area is 266 Å². The molecule has 0 saturated carbocycles. The number of carbonyl (C=O) groups excluding carboxylic acids is 4. The van der Waals surface area contributed by atoms with Crippen molar-refractivity contribution in [3.05, 3.63) is 81.3 Å². The molecule has 1 fully saturated rings. The molecule has 3 aromatic carbocycles. The van der Waals surface area contributed by atoms with E-state index in [1.165, 1.54) is 19.1 Å². The van der Waals surface area contributed by atoms with E-state index in [2.05, 4.69) is 5.32 Å². The average Bonchev–Trinajstić information content (AvgIpc) is 3.28. The number of imide groups is 1. The predicted molar refractivity (Wildman–Crippen MR) is 167 cm³/mol. The number of carbonyl (C=O) groups is 4. The van der Waals surface area contributed by atoms with Crippen LogP contribution in [0.1, 0.15) is 55.1 Å². The zero-order valence-electron chi connectivity index (χ0n) is 25.2. The lowest BCUT2D eigenvalue weighted by molar-refractivity contribution is -0.157. The Kier molecular flexibility index (Phi) is 10.2. The fraction of sp³-hybridized carbons (Fsp3) is 0.333. The van der Waals surface area contributed by atoms with E-state index in [4.69, 9.17) is 37.4 Å². The second-order valence-corrected chi connectivity index (χ2v) is 12.1. The first-order chi connectivity index (χ1) is 20.8. The minimum Gasteiger partial charge on any atom is -0.496 e. The third kappa shape index (κ3) is 7.70. The Hall–Kier alpha value is -4.08. The minimum atomic E-state index is -1.03. The van der Waals surface area contributed by atoms with Crippen LogP contribution in [-0.2, 0) is 32.1 Å². The van der Waals surface area contributed by atoms with E-state index in [9.17, 15) is 19.2 Å². The molecule has 0 aliphatic carbocycles. The number of amides is 3. The van der Waals surface area contributed by atoms with Crippen LogP contribution in [0.15, 0.2) is 54.6 Å². The molecule has 11 heteroatoms. The number of nitrogens with one attached hydrogen (secondary N) is 1. The summed E-state index contributed by atoms with van der Waals surface area (Å²) in [7, 11) is 3.06. The van der Waals surface area contributed by atoms with Crippen molar-refractivity contribution in [1.29, 1.82) is 0 Å². The number of ether oxygens (including phenoxy) is 3. The van der Waals surface area contributed by atoms with Gasteiger partial charge >= 0.3 is 5.97 Å². The molecule has 4 rings (SSSR count). The summed E-state index contributed by atoms with van der Waals surface area (Å²) in [6.45, 7) is 5.37. The predicted octanol–water partition coefficient (Wildman–Crippen LogP) is 6.01. The van der Waals surface area contributed by atoms with Crippen LogP contribution in [0, 0.1) is 0 Å². The quantitative estimate of drug-likeness (QED) is 0.213. The van der Waals surface area contributed by atoms with Crippen molar-refractivity contribution in [2.24, 2.45) is 0 Å². The Morgan fingerprint density at radius 2 is 1.43 bits per heavy atom. The number of halogens is 2. The second-order valence-electron chi connectivity index (χ2n) is 11.3. The van der Waals surface area contributed by atoms with Crippen LogP contribution in [0.25, 0.3) is 11.1 Å². The molecule has 1 aliphatic rings. The van der Waals surface area contributed by atoms with Crippen LogP contribution in [0.3, 0.4) is 0 Å². The summed E-state index contributed by atoms with van der Waals surface area (Å²) in [5, 5.41) is 3.06. The van der Waals surface area contributed by atoms with Gasteiger partial charge in [-0.1, -0.05) is 53.5 Å². The second kappa shape index (κ2) is 13.7. The fourth-order valence-corrected chi connectivity index (χ4v) is 5.45. The highest BCUT2D eigenvalue weighted by Crippen LogP contribution is 2.40. The molecule has 9 nitrogen and oxygen atoms in total. The van der Waals surface area contributed by atoms with Crippen LogP contribution >= 0.6 is 23.2 Å². The van der Waals surface area contributed by atoms with Gasteiger partial charge in [-0.05, 0) is 61.7 Å². The summed E-state index contributed by atoms with van der Waals surface area (Å²) in [6.07, 6.45) is 0.557. The number of rotatable bonds is 10. The normalized spacial score (nSPS) is 13.9. The first kappa shape index (κ1) is 32.8. The number of benzene rings is 3. The SMILES string of the molecule is COc1cc(CN2C(=O)CCC2=O)cc(OC)c1-c1ccc(C[C@H](NC(=O)c2c(Cl)cccc2Cl)C(=O)OC(C)(C)C)cc1. The lowest BCUT2D eigenvalue weighted by atomic mass is 9.97. The Bertz CT molecular complexity index is 1520. The van der Waals surface area contributed by atoms with Gasteiger partial charge in [0, 0.05) is 19.3 Å². The molecular formula is C33H34Cl2N2O7. The van der Waals surface area contributed by atoms with E-state index in [1.54, 1.807) is 51.1 Å². The highest BCUT2D eigenvalue weighted by molar-refractivity contribution is 6.39. The Morgan fingerprint density at radius 3 is 1.93 bits per heavy atom. The average molecular weight is 642 g/mol. The van der Waals surface area contributed by atoms with Crippen LogP contribution in [0.2, 0.25) is 10.0 Å². The van der Waals surface area contributed by atoms with Crippen molar-refractivity contribution >= 4 is 46.9 Å². The topological polar surface area (TPSA) is 111 Å². The maximum atomic E-state index is 13.2. The number of likely N-dealkylation sites (tertiary alicyclic amines) is 1. The van der Waals surface area contributed by atoms with Crippen LogP contribution < -0.4 is 14.8 Å². The van der Waals surface area contributed by atoms with Gasteiger partial charge in [0.25, 0.3) is 5.91 Å². The zero-order chi connectivity index (χ0) is 32.2. The molecular weight excluding hydrogens is 607 g/mol. The van der Waals surface area contributed by atoms with E-state index in [0.29, 0.717) is 22.6 Å². The summed E-state index contributed by atoms with van der Waals surface area (Å²) in [5.74, 6) is -0.609. The van der Waals surface area contributed by atoms with E-state index in [-0.39, 0.29) is 53.2 Å². The van der Waals surface area contributed by atoms with Gasteiger partial charge < -0.3 is 19.5 Å². The highest BCUT2D eigenvalue weighted by Gasteiger charge is 2.30. The van der Waals surface area contributed by atoms with Crippen molar-refractivity contribution in [2.75, 3.05) is 14.2 Å². The van der Waals surface area contributed by atoms with Crippen molar-refractivity contribution < 1.29 is 33.4 Å². The van der Waals surface area contributed by atoms with Crippen molar-refractivity contribution in [1.82, 2.24) is 10.2 Å². The molecule has 232 valence electrons. The molecule has 0 unspecified atom stereocenters. The van der Waals surface area contributed by atoms with Gasteiger partial charge in [-0.25, -0.2) is 4.79 Å². The van der Waals surface area contributed by atoms with Crippen molar-refractivity contribution in [3.63, 3.8) is 0 Å². The lowest BCUT2D eigenvalue weighted by Gasteiger charge is -2.25. The Balaban J connectivity index is 1.60. The first-order valence-electron chi connectivity index (χ1n) is 14.0. The van der Waals surface area contributed by atoms with Crippen LogP contribution in [0.5, 0.6) is 11.5 Å². The maximum Gasteiger partial charge on any atom is 0.329 e. The van der Waals surface area contributed by atoms with Gasteiger partial charge in [0.2, 0.25) is 11.8 Å². The van der Waals surface area contributed by atoms with Crippen molar-refractivity contribution in [3.8, 4) is 22.6 Å². The molecule has 0 spiro atoms. The molecule has 0 bridgehead atoms. The monoisotopic (exact) mass is 640 g/mol. The molecule has 1 atom stereocenters.